The van der Waals surface area contributed by atoms with E-state index < -0.39 is 23.7 Å². The molecule has 5 rings (SSSR count). The largest absolute Gasteiger partial charge is 0.497 e. The lowest BCUT2D eigenvalue weighted by molar-refractivity contribution is -0.135. The molecule has 3 atom stereocenters. The molecule has 3 unspecified atom stereocenters. The van der Waals surface area contributed by atoms with Crippen LogP contribution in [0.3, 0.4) is 0 Å². The van der Waals surface area contributed by atoms with Crippen LogP contribution in [0.4, 0.5) is 16.2 Å². The number of hydrazone groups is 1. The molecular formula is C31H38N4O6. The predicted molar refractivity (Wildman–Crippen MR) is 155 cm³/mol. The molecule has 0 aromatic heterocycles. The van der Waals surface area contributed by atoms with Crippen LogP contribution >= 0.6 is 0 Å². The van der Waals surface area contributed by atoms with E-state index in [2.05, 4.69) is 10.4 Å². The van der Waals surface area contributed by atoms with Crippen LogP contribution in [0.15, 0.2) is 53.6 Å². The van der Waals surface area contributed by atoms with Crippen LogP contribution < -0.4 is 20.0 Å². The number of hydrogen-bond acceptors (Lipinski definition) is 8. The fourth-order valence-electron chi connectivity index (χ4n) is 5.49. The molecule has 0 spiro atoms. The predicted octanol–water partition coefficient (Wildman–Crippen LogP) is 4.83. The normalized spacial score (nSPS) is 21.1. The quantitative estimate of drug-likeness (QED) is 0.459. The molecule has 218 valence electrons. The van der Waals surface area contributed by atoms with Crippen LogP contribution in [-0.2, 0) is 19.1 Å². The number of fused-ring (bicyclic) bond motifs is 1. The van der Waals surface area contributed by atoms with E-state index in [0.717, 1.165) is 24.1 Å². The summed E-state index contributed by atoms with van der Waals surface area (Å²) in [5, 5.41) is 9.27. The summed E-state index contributed by atoms with van der Waals surface area (Å²) < 4.78 is 16.0. The van der Waals surface area contributed by atoms with Gasteiger partial charge in [0.15, 0.2) is 5.71 Å². The third-order valence-corrected chi connectivity index (χ3v) is 7.55. The number of alkyl carbamates (subject to hydrolysis) is 1. The summed E-state index contributed by atoms with van der Waals surface area (Å²) >= 11 is 0. The Labute approximate surface area is 240 Å². The van der Waals surface area contributed by atoms with Gasteiger partial charge in [0.25, 0.3) is 5.91 Å². The minimum atomic E-state index is -0.677. The molecule has 1 saturated carbocycles. The molecule has 2 heterocycles. The molecule has 2 fully saturated rings. The van der Waals surface area contributed by atoms with Crippen LogP contribution in [0.25, 0.3) is 0 Å². The van der Waals surface area contributed by atoms with Gasteiger partial charge in [0.2, 0.25) is 0 Å². The van der Waals surface area contributed by atoms with Crippen molar-refractivity contribution in [2.75, 3.05) is 30.2 Å². The Bertz CT molecular complexity index is 1310. The lowest BCUT2D eigenvalue weighted by atomic mass is 9.87. The topological polar surface area (TPSA) is 110 Å². The van der Waals surface area contributed by atoms with Crippen molar-refractivity contribution in [3.8, 4) is 5.75 Å². The Hall–Kier alpha value is -4.08. The Morgan fingerprint density at radius 3 is 2.27 bits per heavy atom. The van der Waals surface area contributed by atoms with E-state index in [1.807, 2.05) is 57.2 Å². The molecule has 41 heavy (non-hydrogen) atoms. The standard InChI is InChI=1S/C31H38N4O6/c1-6-40-29(37)26-24-17-18-34(28(36)27(24)35(33-26)22-13-15-23(39-5)16-14-22)21-11-9-20(10-12-21)25(19-7-8-19)32-30(38)41-31(2,3)4/h9-16,19,24-25,27H,6-8,17-18H2,1-5H3,(H,32,38). The summed E-state index contributed by atoms with van der Waals surface area (Å²) in [6, 6.07) is 14.2. The average molecular weight is 563 g/mol. The number of benzene rings is 2. The van der Waals surface area contributed by atoms with Gasteiger partial charge in [0, 0.05) is 18.2 Å². The van der Waals surface area contributed by atoms with Gasteiger partial charge >= 0.3 is 12.1 Å². The Kier molecular flexibility index (Phi) is 7.93. The number of nitrogens with zero attached hydrogens (tertiary/aromatic N) is 3. The van der Waals surface area contributed by atoms with Crippen molar-refractivity contribution in [3.05, 3.63) is 54.1 Å². The third-order valence-electron chi connectivity index (χ3n) is 7.55. The first kappa shape index (κ1) is 28.4. The molecule has 1 saturated heterocycles. The maximum atomic E-state index is 14.0. The van der Waals surface area contributed by atoms with Crippen LogP contribution in [0.2, 0.25) is 0 Å². The number of amides is 2. The zero-order valence-corrected chi connectivity index (χ0v) is 24.3. The van der Waals surface area contributed by atoms with Gasteiger partial charge in [-0.15, -0.1) is 0 Å². The summed E-state index contributed by atoms with van der Waals surface area (Å²) in [7, 11) is 1.59. The van der Waals surface area contributed by atoms with E-state index in [1.54, 1.807) is 36.1 Å². The first-order valence-corrected chi connectivity index (χ1v) is 14.2. The molecule has 2 aromatic carbocycles. The van der Waals surface area contributed by atoms with Crippen LogP contribution in [0.1, 0.15) is 58.6 Å². The molecule has 2 aromatic rings. The second-order valence-corrected chi connectivity index (χ2v) is 11.6. The Morgan fingerprint density at radius 1 is 1.02 bits per heavy atom. The lowest BCUT2D eigenvalue weighted by Gasteiger charge is -2.37. The molecule has 0 radical (unpaired) electrons. The van der Waals surface area contributed by atoms with Crippen LogP contribution in [0.5, 0.6) is 5.75 Å². The van der Waals surface area contributed by atoms with E-state index in [1.165, 1.54) is 0 Å². The molecule has 10 heteroatoms. The number of esters is 1. The number of anilines is 2. The zero-order chi connectivity index (χ0) is 29.3. The van der Waals surface area contributed by atoms with E-state index in [4.69, 9.17) is 14.2 Å². The number of methoxy groups -OCH3 is 1. The molecule has 2 amide bonds. The Balaban J connectivity index is 1.37. The molecule has 3 aliphatic rings. The first-order chi connectivity index (χ1) is 19.6. The Morgan fingerprint density at radius 2 is 1.68 bits per heavy atom. The fourth-order valence-corrected chi connectivity index (χ4v) is 5.49. The SMILES string of the molecule is CCOC(=O)C1=NN(c2ccc(OC)cc2)C2C(=O)N(c3ccc(C(NC(=O)OC(C)(C)C)C4CC4)cc3)CCC12. The van der Waals surface area contributed by atoms with Gasteiger partial charge in [-0.25, -0.2) is 9.59 Å². The minimum Gasteiger partial charge on any atom is -0.497 e. The average Bonchev–Trinajstić information content (AvgIpc) is 3.71. The molecule has 1 aliphatic carbocycles. The second kappa shape index (κ2) is 11.4. The first-order valence-electron chi connectivity index (χ1n) is 14.2. The molecule has 0 bridgehead atoms. The highest BCUT2D eigenvalue weighted by molar-refractivity contribution is 6.39. The van der Waals surface area contributed by atoms with Gasteiger partial charge < -0.3 is 24.4 Å². The molecule has 2 aliphatic heterocycles. The number of nitrogens with one attached hydrogen (secondary N) is 1. The van der Waals surface area contributed by atoms with Crippen molar-refractivity contribution >= 4 is 35.1 Å². The number of ether oxygens (including phenoxy) is 3. The van der Waals surface area contributed by atoms with Crippen molar-refractivity contribution < 1.29 is 28.6 Å². The highest BCUT2D eigenvalue weighted by atomic mass is 16.6. The van der Waals surface area contributed by atoms with Gasteiger partial charge in [-0.3, -0.25) is 9.80 Å². The number of rotatable bonds is 8. The monoisotopic (exact) mass is 562 g/mol. The molecule has 10 nitrogen and oxygen atoms in total. The lowest BCUT2D eigenvalue weighted by Crippen LogP contribution is -2.54. The van der Waals surface area contributed by atoms with Crippen LogP contribution in [0, 0.1) is 11.8 Å². The summed E-state index contributed by atoms with van der Waals surface area (Å²) in [5.41, 5.74) is 2.11. The van der Waals surface area contributed by atoms with Crippen molar-refractivity contribution in [1.29, 1.82) is 0 Å². The highest BCUT2D eigenvalue weighted by Gasteiger charge is 2.50. The van der Waals surface area contributed by atoms with Gasteiger partial charge in [-0.05, 0) is 94.8 Å². The summed E-state index contributed by atoms with van der Waals surface area (Å²) in [6.07, 6.45) is 2.21. The van der Waals surface area contributed by atoms with E-state index in [9.17, 15) is 14.4 Å². The highest BCUT2D eigenvalue weighted by Crippen LogP contribution is 2.42. The maximum absolute atomic E-state index is 14.0. The summed E-state index contributed by atoms with van der Waals surface area (Å²) in [6.45, 7) is 7.95. The molecule has 1 N–H and O–H groups in total. The smallest absolute Gasteiger partial charge is 0.408 e. The van der Waals surface area contributed by atoms with Gasteiger partial charge in [-0.2, -0.15) is 5.10 Å². The fraction of sp³-hybridized carbons (Fsp3) is 0.484. The van der Waals surface area contributed by atoms with Crippen molar-refractivity contribution in [3.63, 3.8) is 0 Å². The van der Waals surface area contributed by atoms with Gasteiger partial charge in [0.1, 0.15) is 17.4 Å². The summed E-state index contributed by atoms with van der Waals surface area (Å²) in [5.74, 6) is 0.0323. The maximum Gasteiger partial charge on any atom is 0.408 e. The van der Waals surface area contributed by atoms with Gasteiger partial charge in [0.05, 0.1) is 25.4 Å². The number of hydrogen-bond donors (Lipinski definition) is 1. The van der Waals surface area contributed by atoms with Crippen LogP contribution in [-0.4, -0.2) is 55.6 Å². The van der Waals surface area contributed by atoms with E-state index >= 15 is 0 Å². The van der Waals surface area contributed by atoms with Crippen molar-refractivity contribution in [1.82, 2.24) is 5.32 Å². The number of carbonyl (C=O) groups is 3. The zero-order valence-electron chi connectivity index (χ0n) is 24.3. The van der Waals surface area contributed by atoms with Crippen molar-refractivity contribution in [2.24, 2.45) is 16.9 Å². The number of carbonyl (C=O) groups excluding carboxylic acids is 3. The van der Waals surface area contributed by atoms with E-state index in [-0.39, 0.29) is 30.2 Å². The second-order valence-electron chi connectivity index (χ2n) is 11.6. The summed E-state index contributed by atoms with van der Waals surface area (Å²) in [4.78, 5) is 41.0. The number of piperidine rings is 1. The van der Waals surface area contributed by atoms with Crippen molar-refractivity contribution in [2.45, 2.75) is 64.6 Å². The van der Waals surface area contributed by atoms with Gasteiger partial charge in [-0.1, -0.05) is 12.1 Å². The molecular weight excluding hydrogens is 524 g/mol. The minimum absolute atomic E-state index is 0.140. The third kappa shape index (κ3) is 6.16. The van der Waals surface area contributed by atoms with E-state index in [0.29, 0.717) is 30.3 Å².